The molecule has 1 saturated carbocycles. The number of ether oxygens (including phenoxy) is 1. The number of rotatable bonds is 2. The van der Waals surface area contributed by atoms with E-state index in [1.54, 1.807) is 0 Å². The number of nitrogens with two attached hydrogens (primary N) is 1. The van der Waals surface area contributed by atoms with Crippen LogP contribution in [0.3, 0.4) is 0 Å². The van der Waals surface area contributed by atoms with E-state index in [2.05, 4.69) is 31.0 Å². The van der Waals surface area contributed by atoms with Crippen molar-refractivity contribution in [3.8, 4) is 5.75 Å². The van der Waals surface area contributed by atoms with Crippen molar-refractivity contribution >= 4 is 10.9 Å². The highest BCUT2D eigenvalue weighted by Crippen LogP contribution is 2.33. The molecule has 1 heterocycles. The minimum Gasteiger partial charge on any atom is -0.486 e. The van der Waals surface area contributed by atoms with Gasteiger partial charge in [-0.1, -0.05) is 32.0 Å². The summed E-state index contributed by atoms with van der Waals surface area (Å²) >= 11 is 0. The number of pyridine rings is 1. The largest absolute Gasteiger partial charge is 0.486 e. The van der Waals surface area contributed by atoms with Crippen molar-refractivity contribution in [1.82, 2.24) is 4.98 Å². The smallest absolute Gasteiger partial charge is 0.146 e. The molecule has 1 aromatic carbocycles. The van der Waals surface area contributed by atoms with Gasteiger partial charge in [-0.3, -0.25) is 4.98 Å². The average molecular weight is 270 g/mol. The van der Waals surface area contributed by atoms with E-state index in [1.807, 2.05) is 24.4 Å². The van der Waals surface area contributed by atoms with Crippen molar-refractivity contribution in [2.75, 3.05) is 0 Å². The highest BCUT2D eigenvalue weighted by Gasteiger charge is 2.33. The van der Waals surface area contributed by atoms with Crippen LogP contribution in [0.4, 0.5) is 0 Å². The molecule has 0 aliphatic heterocycles. The monoisotopic (exact) mass is 270 g/mol. The highest BCUT2D eigenvalue weighted by molar-refractivity contribution is 5.84. The molecule has 4 atom stereocenters. The maximum atomic E-state index is 6.31. The Morgan fingerprint density at radius 2 is 1.95 bits per heavy atom. The van der Waals surface area contributed by atoms with Crippen molar-refractivity contribution < 1.29 is 4.74 Å². The van der Waals surface area contributed by atoms with Crippen LogP contribution in [0.25, 0.3) is 10.9 Å². The summed E-state index contributed by atoms with van der Waals surface area (Å²) in [4.78, 5) is 4.45. The Bertz CT molecular complexity index is 581. The van der Waals surface area contributed by atoms with Crippen LogP contribution in [0.2, 0.25) is 0 Å². The summed E-state index contributed by atoms with van der Waals surface area (Å²) in [5.74, 6) is 2.02. The van der Waals surface area contributed by atoms with Crippen LogP contribution < -0.4 is 10.5 Å². The first-order chi connectivity index (χ1) is 9.65. The molecule has 3 heteroatoms. The van der Waals surface area contributed by atoms with Gasteiger partial charge in [0, 0.05) is 17.6 Å². The van der Waals surface area contributed by atoms with Crippen LogP contribution in [0, 0.1) is 11.8 Å². The van der Waals surface area contributed by atoms with Gasteiger partial charge >= 0.3 is 0 Å². The molecule has 20 heavy (non-hydrogen) atoms. The summed E-state index contributed by atoms with van der Waals surface area (Å²) in [5, 5.41) is 1.11. The molecule has 0 spiro atoms. The summed E-state index contributed by atoms with van der Waals surface area (Å²) in [6, 6.07) is 10.2. The molecular formula is C17H22N2O. The quantitative estimate of drug-likeness (QED) is 0.910. The minimum atomic E-state index is 0.0822. The second-order valence-corrected chi connectivity index (χ2v) is 6.13. The van der Waals surface area contributed by atoms with Gasteiger partial charge in [-0.05, 0) is 36.8 Å². The number of hydrogen-bond donors (Lipinski definition) is 1. The average Bonchev–Trinajstić information content (AvgIpc) is 2.43. The summed E-state index contributed by atoms with van der Waals surface area (Å²) in [6.07, 6.45) is 4.10. The SMILES string of the molecule is CC1CC(C)C(Oc2cccc3cccnc23)C(N)C1. The lowest BCUT2D eigenvalue weighted by Gasteiger charge is -2.37. The number of aromatic nitrogens is 1. The van der Waals surface area contributed by atoms with Gasteiger partial charge in [-0.2, -0.15) is 0 Å². The first-order valence-corrected chi connectivity index (χ1v) is 7.41. The van der Waals surface area contributed by atoms with Gasteiger partial charge in [0.15, 0.2) is 0 Å². The van der Waals surface area contributed by atoms with Crippen LogP contribution in [0.5, 0.6) is 5.75 Å². The predicted molar refractivity (Wildman–Crippen MR) is 81.7 cm³/mol. The Balaban J connectivity index is 1.89. The van der Waals surface area contributed by atoms with Gasteiger partial charge in [0.05, 0.1) is 0 Å². The number of hydrogen-bond acceptors (Lipinski definition) is 3. The molecule has 1 aliphatic carbocycles. The van der Waals surface area contributed by atoms with Crippen LogP contribution in [0.1, 0.15) is 26.7 Å². The Morgan fingerprint density at radius 3 is 2.75 bits per heavy atom. The fourth-order valence-electron chi connectivity index (χ4n) is 3.41. The second-order valence-electron chi connectivity index (χ2n) is 6.13. The standard InChI is InChI=1S/C17H22N2O/c1-11-9-12(2)17(14(18)10-11)20-15-7-3-5-13-6-4-8-19-16(13)15/h3-8,11-12,14,17H,9-10,18H2,1-2H3. The van der Waals surface area contributed by atoms with Gasteiger partial charge in [-0.25, -0.2) is 0 Å². The molecule has 3 nitrogen and oxygen atoms in total. The highest BCUT2D eigenvalue weighted by atomic mass is 16.5. The van der Waals surface area contributed by atoms with Gasteiger partial charge in [0.25, 0.3) is 0 Å². The van der Waals surface area contributed by atoms with E-state index in [9.17, 15) is 0 Å². The molecule has 106 valence electrons. The molecule has 1 aromatic heterocycles. The zero-order valence-corrected chi connectivity index (χ0v) is 12.1. The minimum absolute atomic E-state index is 0.0822. The lowest BCUT2D eigenvalue weighted by atomic mass is 9.78. The summed E-state index contributed by atoms with van der Waals surface area (Å²) in [6.45, 7) is 4.50. The van der Waals surface area contributed by atoms with Crippen LogP contribution >= 0.6 is 0 Å². The van der Waals surface area contributed by atoms with Crippen molar-refractivity contribution in [2.45, 2.75) is 38.8 Å². The number of para-hydroxylation sites is 1. The van der Waals surface area contributed by atoms with Crippen molar-refractivity contribution in [2.24, 2.45) is 17.6 Å². The summed E-state index contributed by atoms with van der Waals surface area (Å²) < 4.78 is 6.25. The molecule has 1 fully saturated rings. The molecule has 1 aliphatic rings. The van der Waals surface area contributed by atoms with E-state index in [1.165, 1.54) is 6.42 Å². The van der Waals surface area contributed by atoms with E-state index in [0.29, 0.717) is 11.8 Å². The third-order valence-electron chi connectivity index (χ3n) is 4.29. The summed E-state index contributed by atoms with van der Waals surface area (Å²) in [7, 11) is 0. The van der Waals surface area contributed by atoms with E-state index >= 15 is 0 Å². The van der Waals surface area contributed by atoms with Crippen molar-refractivity contribution in [1.29, 1.82) is 0 Å². The Kier molecular flexibility index (Phi) is 3.62. The summed E-state index contributed by atoms with van der Waals surface area (Å²) in [5.41, 5.74) is 7.23. The maximum Gasteiger partial charge on any atom is 0.146 e. The molecular weight excluding hydrogens is 248 g/mol. The Morgan fingerprint density at radius 1 is 1.15 bits per heavy atom. The van der Waals surface area contributed by atoms with Crippen LogP contribution in [0.15, 0.2) is 36.5 Å². The fourth-order valence-corrected chi connectivity index (χ4v) is 3.41. The zero-order valence-electron chi connectivity index (χ0n) is 12.1. The lowest BCUT2D eigenvalue weighted by Crippen LogP contribution is -2.48. The molecule has 2 aromatic rings. The molecule has 0 bridgehead atoms. The van der Waals surface area contributed by atoms with E-state index in [0.717, 1.165) is 23.1 Å². The number of fused-ring (bicyclic) bond motifs is 1. The third kappa shape index (κ3) is 2.50. The molecule has 0 saturated heterocycles. The van der Waals surface area contributed by atoms with E-state index < -0.39 is 0 Å². The van der Waals surface area contributed by atoms with Crippen molar-refractivity contribution in [3.05, 3.63) is 36.5 Å². The maximum absolute atomic E-state index is 6.31. The Labute approximate surface area is 120 Å². The topological polar surface area (TPSA) is 48.1 Å². The van der Waals surface area contributed by atoms with Gasteiger partial charge < -0.3 is 10.5 Å². The van der Waals surface area contributed by atoms with Gasteiger partial charge in [-0.15, -0.1) is 0 Å². The molecule has 0 radical (unpaired) electrons. The zero-order chi connectivity index (χ0) is 14.1. The molecule has 3 rings (SSSR count). The predicted octanol–water partition coefficient (Wildman–Crippen LogP) is 3.38. The second kappa shape index (κ2) is 5.41. The third-order valence-corrected chi connectivity index (χ3v) is 4.29. The molecule has 4 unspecified atom stereocenters. The number of benzene rings is 1. The van der Waals surface area contributed by atoms with Crippen LogP contribution in [-0.4, -0.2) is 17.1 Å². The first kappa shape index (κ1) is 13.4. The number of nitrogens with zero attached hydrogens (tertiary/aromatic N) is 1. The Hall–Kier alpha value is -1.61. The van der Waals surface area contributed by atoms with E-state index in [4.69, 9.17) is 10.5 Å². The van der Waals surface area contributed by atoms with Gasteiger partial charge in [0.2, 0.25) is 0 Å². The lowest BCUT2D eigenvalue weighted by molar-refractivity contribution is 0.0637. The normalized spacial score (nSPS) is 30.4. The van der Waals surface area contributed by atoms with Gasteiger partial charge in [0.1, 0.15) is 17.4 Å². The molecule has 0 amide bonds. The first-order valence-electron chi connectivity index (χ1n) is 7.41. The van der Waals surface area contributed by atoms with E-state index in [-0.39, 0.29) is 12.1 Å². The fraction of sp³-hybridized carbons (Fsp3) is 0.471. The molecule has 2 N–H and O–H groups in total. The van der Waals surface area contributed by atoms with Crippen molar-refractivity contribution in [3.63, 3.8) is 0 Å². The van der Waals surface area contributed by atoms with Crippen LogP contribution in [-0.2, 0) is 0 Å².